The van der Waals surface area contributed by atoms with E-state index in [4.69, 9.17) is 30.1 Å². The van der Waals surface area contributed by atoms with E-state index in [1.54, 1.807) is 39.0 Å². The van der Waals surface area contributed by atoms with Gasteiger partial charge in [0.2, 0.25) is 0 Å². The average Bonchev–Trinajstić information content (AvgIpc) is 3.29. The summed E-state index contributed by atoms with van der Waals surface area (Å²) in [7, 11) is -4.29. The first kappa shape index (κ1) is 28.3. The van der Waals surface area contributed by atoms with Crippen molar-refractivity contribution in [3.05, 3.63) is 48.5 Å². The van der Waals surface area contributed by atoms with Gasteiger partial charge in [-0.05, 0) is 39.8 Å². The van der Waals surface area contributed by atoms with Crippen LogP contribution in [0.1, 0.15) is 32.8 Å². The Morgan fingerprint density at radius 3 is 2.66 bits per heavy atom. The Kier molecular flexibility index (Phi) is 8.36. The minimum Gasteiger partial charge on any atom is -0.462 e. The number of alkyl halides is 2. The third kappa shape index (κ3) is 5.98. The van der Waals surface area contributed by atoms with Crippen molar-refractivity contribution in [2.24, 2.45) is 0 Å². The molecule has 0 saturated carbocycles. The number of aliphatic hydroxyl groups excluding tert-OH is 1. The SMILES string of the molecule is Cc1nc2nccnc2n1[C@@H]1O[C@H](CO[P@@](=O)(N[C@H](C)C(=O)OC(C)C)Oc2ccccc2)[C@@H](O)[C@]1(F)Cl. The molecule has 6 atom stereocenters. The number of rotatable bonds is 10. The smallest absolute Gasteiger partial charge is 0.459 e. The molecule has 1 fully saturated rings. The molecule has 2 N–H and O–H groups in total. The Hall–Kier alpha value is -2.67. The summed E-state index contributed by atoms with van der Waals surface area (Å²) in [6, 6.07) is 6.99. The van der Waals surface area contributed by atoms with Crippen LogP contribution in [-0.4, -0.2) is 66.7 Å². The molecule has 0 amide bonds. The first-order valence-corrected chi connectivity index (χ1v) is 13.7. The summed E-state index contributed by atoms with van der Waals surface area (Å²) in [6.07, 6.45) is -2.43. The highest BCUT2D eigenvalue weighted by atomic mass is 35.5. The molecule has 0 unspecified atom stereocenters. The molecule has 1 aromatic carbocycles. The van der Waals surface area contributed by atoms with Crippen LogP contribution in [0.25, 0.3) is 11.3 Å². The van der Waals surface area contributed by atoms with Crippen molar-refractivity contribution < 1.29 is 37.4 Å². The van der Waals surface area contributed by atoms with Gasteiger partial charge in [0.05, 0.1) is 12.7 Å². The van der Waals surface area contributed by atoms with Crippen molar-refractivity contribution in [3.8, 4) is 5.75 Å². The molecule has 4 rings (SSSR count). The molecule has 1 aliphatic rings. The second kappa shape index (κ2) is 11.2. The van der Waals surface area contributed by atoms with Gasteiger partial charge in [0, 0.05) is 12.4 Å². The van der Waals surface area contributed by atoms with E-state index in [0.29, 0.717) is 5.82 Å². The maximum Gasteiger partial charge on any atom is 0.459 e. The number of nitrogens with zero attached hydrogens (tertiary/aromatic N) is 4. The minimum absolute atomic E-state index is 0.176. The van der Waals surface area contributed by atoms with Crippen LogP contribution in [0.5, 0.6) is 5.75 Å². The number of carbonyl (C=O) groups is 1. The van der Waals surface area contributed by atoms with Crippen molar-refractivity contribution in [1.29, 1.82) is 0 Å². The fourth-order valence-electron chi connectivity index (χ4n) is 3.81. The third-order valence-corrected chi connectivity index (χ3v) is 7.61. The predicted molar refractivity (Wildman–Crippen MR) is 134 cm³/mol. The van der Waals surface area contributed by atoms with Gasteiger partial charge in [-0.1, -0.05) is 29.8 Å². The van der Waals surface area contributed by atoms with E-state index in [1.165, 1.54) is 36.0 Å². The Balaban J connectivity index is 1.55. The van der Waals surface area contributed by atoms with Gasteiger partial charge in [-0.2, -0.15) is 5.09 Å². The molecule has 0 spiro atoms. The van der Waals surface area contributed by atoms with Crippen LogP contribution in [0.15, 0.2) is 42.7 Å². The number of halogens is 2. The van der Waals surface area contributed by atoms with Gasteiger partial charge >= 0.3 is 13.7 Å². The number of esters is 1. The molecule has 3 heterocycles. The third-order valence-electron chi connectivity index (χ3n) is 5.55. The van der Waals surface area contributed by atoms with Gasteiger partial charge in [-0.3, -0.25) is 13.9 Å². The molecule has 206 valence electrons. The van der Waals surface area contributed by atoms with Gasteiger partial charge < -0.3 is 19.1 Å². The average molecular weight is 572 g/mol. The molecule has 1 saturated heterocycles. The van der Waals surface area contributed by atoms with Crippen molar-refractivity contribution >= 4 is 36.6 Å². The number of aryl methyl sites for hydroxylation is 1. The minimum atomic E-state index is -4.29. The predicted octanol–water partition coefficient (Wildman–Crippen LogP) is 3.43. The number of imidazole rings is 1. The number of carbonyl (C=O) groups excluding carboxylic acids is 1. The van der Waals surface area contributed by atoms with Gasteiger partial charge in [0.15, 0.2) is 17.5 Å². The first-order valence-electron chi connectivity index (χ1n) is 11.8. The van der Waals surface area contributed by atoms with E-state index < -0.39 is 56.0 Å². The van der Waals surface area contributed by atoms with Gasteiger partial charge in [-0.15, -0.1) is 0 Å². The van der Waals surface area contributed by atoms with E-state index in [-0.39, 0.29) is 17.0 Å². The summed E-state index contributed by atoms with van der Waals surface area (Å²) in [6.45, 7) is 5.73. The topological polar surface area (TPSA) is 147 Å². The Labute approximate surface area is 223 Å². The summed E-state index contributed by atoms with van der Waals surface area (Å²) in [4.78, 5) is 24.8. The summed E-state index contributed by atoms with van der Waals surface area (Å²) >= 11 is 6.13. The van der Waals surface area contributed by atoms with Crippen molar-refractivity contribution in [2.45, 2.75) is 63.4 Å². The van der Waals surface area contributed by atoms with Crippen molar-refractivity contribution in [2.75, 3.05) is 6.61 Å². The van der Waals surface area contributed by atoms with Gasteiger partial charge in [-0.25, -0.2) is 23.9 Å². The number of aliphatic hydroxyl groups is 1. The van der Waals surface area contributed by atoms with Crippen LogP contribution in [0, 0.1) is 6.92 Å². The molecule has 0 aliphatic carbocycles. The van der Waals surface area contributed by atoms with E-state index in [9.17, 15) is 14.5 Å². The first-order chi connectivity index (χ1) is 17.9. The molecule has 1 aliphatic heterocycles. The molecule has 0 bridgehead atoms. The standard InChI is InChI=1S/C23H28ClFN5O7P/c1-13(2)35-21(32)14(3)29-38(33,37-16-8-6-5-7-9-16)34-12-17-18(31)23(24,25)22(36-17)30-15(4)28-19-20(30)27-11-10-26-19/h5-11,13-14,17-18,22,31H,12H2,1-4H3,(H,29,33)/t14-,17-,18-,22-,23-,38+/m1/s1. The van der Waals surface area contributed by atoms with E-state index in [1.807, 2.05) is 0 Å². The number of nitrogens with one attached hydrogen (secondary N) is 1. The van der Waals surface area contributed by atoms with Crippen LogP contribution >= 0.6 is 19.3 Å². The lowest BCUT2D eigenvalue weighted by Gasteiger charge is -2.25. The van der Waals surface area contributed by atoms with Crippen LogP contribution < -0.4 is 9.61 Å². The van der Waals surface area contributed by atoms with E-state index in [0.717, 1.165) is 0 Å². The number of hydrogen-bond acceptors (Lipinski definition) is 10. The fourth-order valence-corrected chi connectivity index (χ4v) is 5.60. The summed E-state index contributed by atoms with van der Waals surface area (Å²) < 4.78 is 52.6. The quantitative estimate of drug-likeness (QED) is 0.209. The lowest BCUT2D eigenvalue weighted by molar-refractivity contribution is -0.149. The highest BCUT2D eigenvalue weighted by Gasteiger charge is 2.58. The number of fused-ring (bicyclic) bond motifs is 1. The van der Waals surface area contributed by atoms with Crippen LogP contribution in [-0.2, 0) is 23.4 Å². The van der Waals surface area contributed by atoms with Crippen LogP contribution in [0.3, 0.4) is 0 Å². The maximum atomic E-state index is 15.7. The zero-order valence-corrected chi connectivity index (χ0v) is 22.7. The lowest BCUT2D eigenvalue weighted by atomic mass is 10.1. The second-order valence-corrected chi connectivity index (χ2v) is 11.2. The van der Waals surface area contributed by atoms with Crippen molar-refractivity contribution in [1.82, 2.24) is 24.6 Å². The van der Waals surface area contributed by atoms with E-state index in [2.05, 4.69) is 20.0 Å². The normalized spacial score (nSPS) is 25.8. The molecule has 3 aromatic rings. The largest absolute Gasteiger partial charge is 0.462 e. The number of hydrogen-bond donors (Lipinski definition) is 2. The Morgan fingerprint density at radius 2 is 1.97 bits per heavy atom. The number of ether oxygens (including phenoxy) is 2. The van der Waals surface area contributed by atoms with E-state index >= 15 is 4.39 Å². The van der Waals surface area contributed by atoms with Gasteiger partial charge in [0.25, 0.3) is 5.13 Å². The number of aromatic nitrogens is 4. The molecular formula is C23H28ClFN5O7P. The maximum absolute atomic E-state index is 15.7. The molecular weight excluding hydrogens is 544 g/mol. The monoisotopic (exact) mass is 571 g/mol. The number of para-hydroxylation sites is 1. The zero-order chi connectivity index (χ0) is 27.7. The molecule has 2 aromatic heterocycles. The van der Waals surface area contributed by atoms with Gasteiger partial charge in [0.1, 0.15) is 29.8 Å². The number of benzene rings is 1. The lowest BCUT2D eigenvalue weighted by Crippen LogP contribution is -2.40. The van der Waals surface area contributed by atoms with Crippen molar-refractivity contribution in [3.63, 3.8) is 0 Å². The molecule has 12 nitrogen and oxygen atoms in total. The van der Waals surface area contributed by atoms with Crippen LogP contribution in [0.2, 0.25) is 0 Å². The Morgan fingerprint density at radius 1 is 1.29 bits per heavy atom. The molecule has 0 radical (unpaired) electrons. The fraction of sp³-hybridized carbons (Fsp3) is 0.478. The summed E-state index contributed by atoms with van der Waals surface area (Å²) in [5, 5.41) is 10.4. The summed E-state index contributed by atoms with van der Waals surface area (Å²) in [5.74, 6) is -0.218. The summed E-state index contributed by atoms with van der Waals surface area (Å²) in [5.41, 5.74) is 0.436. The Bertz CT molecular complexity index is 1330. The van der Waals surface area contributed by atoms with Crippen LogP contribution in [0.4, 0.5) is 4.39 Å². The highest BCUT2D eigenvalue weighted by Crippen LogP contribution is 2.49. The zero-order valence-electron chi connectivity index (χ0n) is 21.0. The molecule has 38 heavy (non-hydrogen) atoms. The molecule has 15 heteroatoms. The second-order valence-electron chi connectivity index (χ2n) is 8.91. The highest BCUT2D eigenvalue weighted by molar-refractivity contribution is 7.52.